The summed E-state index contributed by atoms with van der Waals surface area (Å²) in [6.07, 6.45) is 1.03. The van der Waals surface area contributed by atoms with Gasteiger partial charge in [-0.1, -0.05) is 11.3 Å². The van der Waals surface area contributed by atoms with Crippen molar-refractivity contribution in [2.24, 2.45) is 0 Å². The van der Waals surface area contributed by atoms with Crippen LogP contribution in [0.3, 0.4) is 0 Å². The van der Waals surface area contributed by atoms with Gasteiger partial charge in [0.2, 0.25) is 21.1 Å². The number of anilines is 2. The minimum Gasteiger partial charge on any atom is -0.497 e. The molecule has 0 bridgehead atoms. The highest BCUT2D eigenvalue weighted by Gasteiger charge is 2.30. The number of amides is 1. The van der Waals surface area contributed by atoms with Crippen LogP contribution in [0, 0.1) is 0 Å². The fraction of sp³-hybridized carbons (Fsp3) is 0.286. The molecule has 33 heavy (non-hydrogen) atoms. The number of sulfonamides is 1. The fourth-order valence-corrected chi connectivity index (χ4v) is 5.02. The molecule has 3 rings (SSSR count). The molecule has 1 amide bonds. The van der Waals surface area contributed by atoms with Crippen molar-refractivity contribution in [3.05, 3.63) is 42.5 Å². The number of hydrogen-bond donors (Lipinski definition) is 1. The lowest BCUT2D eigenvalue weighted by molar-refractivity contribution is -0.116. The zero-order chi connectivity index (χ0) is 24.2. The predicted molar refractivity (Wildman–Crippen MR) is 127 cm³/mol. The van der Waals surface area contributed by atoms with Crippen LogP contribution < -0.4 is 23.8 Å². The number of nitrogens with one attached hydrogen (secondary N) is 1. The summed E-state index contributed by atoms with van der Waals surface area (Å²) < 4.78 is 41.7. The summed E-state index contributed by atoms with van der Waals surface area (Å²) in [5, 5.41) is 11.6. The molecule has 1 heterocycles. The molecule has 3 aromatic rings. The highest BCUT2D eigenvalue weighted by molar-refractivity contribution is 7.92. The molecule has 10 nitrogen and oxygen atoms in total. The van der Waals surface area contributed by atoms with E-state index in [2.05, 4.69) is 15.5 Å². The third-order valence-corrected chi connectivity index (χ3v) is 6.83. The lowest BCUT2D eigenvalue weighted by Crippen LogP contribution is -2.45. The molecule has 0 aliphatic carbocycles. The van der Waals surface area contributed by atoms with Crippen LogP contribution in [0.15, 0.2) is 42.5 Å². The highest BCUT2D eigenvalue weighted by atomic mass is 32.2. The van der Waals surface area contributed by atoms with Crippen molar-refractivity contribution >= 4 is 38.1 Å². The molecule has 0 radical (unpaired) electrons. The van der Waals surface area contributed by atoms with Crippen LogP contribution in [0.2, 0.25) is 0 Å². The van der Waals surface area contributed by atoms with Gasteiger partial charge in [0.05, 0.1) is 33.3 Å². The molecule has 1 aromatic heterocycles. The van der Waals surface area contributed by atoms with Crippen molar-refractivity contribution in [3.63, 3.8) is 0 Å². The van der Waals surface area contributed by atoms with E-state index in [1.807, 2.05) is 12.1 Å². The maximum absolute atomic E-state index is 12.9. The molecule has 176 valence electrons. The Morgan fingerprint density at radius 3 is 2.24 bits per heavy atom. The van der Waals surface area contributed by atoms with Gasteiger partial charge in [-0.05, 0) is 43.3 Å². The molecular weight excluding hydrogens is 468 g/mol. The summed E-state index contributed by atoms with van der Waals surface area (Å²) in [4.78, 5) is 12.9. The van der Waals surface area contributed by atoms with Gasteiger partial charge in [0.25, 0.3) is 0 Å². The molecule has 1 N–H and O–H groups in total. The zero-order valence-corrected chi connectivity index (χ0v) is 20.4. The number of carbonyl (C=O) groups excluding carboxylic acids is 1. The molecule has 2 aromatic carbocycles. The molecule has 0 saturated heterocycles. The van der Waals surface area contributed by atoms with E-state index in [-0.39, 0.29) is 10.8 Å². The van der Waals surface area contributed by atoms with Gasteiger partial charge in [-0.3, -0.25) is 14.4 Å². The first-order chi connectivity index (χ1) is 15.7. The largest absolute Gasteiger partial charge is 0.497 e. The van der Waals surface area contributed by atoms with Crippen LogP contribution in [0.5, 0.6) is 17.2 Å². The van der Waals surface area contributed by atoms with Crippen molar-refractivity contribution in [1.29, 1.82) is 0 Å². The summed E-state index contributed by atoms with van der Waals surface area (Å²) in [7, 11) is 0.687. The monoisotopic (exact) mass is 492 g/mol. The van der Waals surface area contributed by atoms with E-state index >= 15 is 0 Å². The average Bonchev–Trinajstić information content (AvgIpc) is 3.26. The molecule has 1 unspecified atom stereocenters. The van der Waals surface area contributed by atoms with Crippen LogP contribution >= 0.6 is 11.3 Å². The molecule has 12 heteroatoms. The highest BCUT2D eigenvalue weighted by Crippen LogP contribution is 2.34. The Hall–Kier alpha value is -3.38. The SMILES string of the molecule is COc1ccc(-c2nnc(NC(=O)C(C)N(c3ccc(OC)c(OC)c3)S(C)(=O)=O)s2)cc1. The van der Waals surface area contributed by atoms with Gasteiger partial charge in [-0.15, -0.1) is 10.2 Å². The minimum atomic E-state index is -3.81. The van der Waals surface area contributed by atoms with Crippen molar-refractivity contribution < 1.29 is 27.4 Å². The number of carbonyl (C=O) groups is 1. The van der Waals surface area contributed by atoms with E-state index in [9.17, 15) is 13.2 Å². The number of aromatic nitrogens is 2. The number of rotatable bonds is 9. The lowest BCUT2D eigenvalue weighted by atomic mass is 10.2. The Morgan fingerprint density at radius 2 is 1.67 bits per heavy atom. The Balaban J connectivity index is 1.82. The van der Waals surface area contributed by atoms with Crippen LogP contribution in [-0.2, 0) is 14.8 Å². The van der Waals surface area contributed by atoms with E-state index in [0.717, 1.165) is 16.1 Å². The predicted octanol–water partition coefficient (Wildman–Crippen LogP) is 3.02. The first-order valence-electron chi connectivity index (χ1n) is 9.68. The van der Waals surface area contributed by atoms with Gasteiger partial charge in [-0.25, -0.2) is 8.42 Å². The number of nitrogens with zero attached hydrogens (tertiary/aromatic N) is 3. The third kappa shape index (κ3) is 5.52. The number of methoxy groups -OCH3 is 3. The molecule has 0 aliphatic heterocycles. The number of benzene rings is 2. The van der Waals surface area contributed by atoms with Crippen LogP contribution in [0.4, 0.5) is 10.8 Å². The van der Waals surface area contributed by atoms with Gasteiger partial charge in [0.15, 0.2) is 11.5 Å². The number of ether oxygens (including phenoxy) is 3. The maximum Gasteiger partial charge on any atom is 0.249 e. The van der Waals surface area contributed by atoms with E-state index < -0.39 is 22.0 Å². The van der Waals surface area contributed by atoms with E-state index in [1.54, 1.807) is 31.4 Å². The van der Waals surface area contributed by atoms with Crippen molar-refractivity contribution in [1.82, 2.24) is 10.2 Å². The fourth-order valence-electron chi connectivity index (χ4n) is 3.10. The first kappa shape index (κ1) is 24.3. The normalized spacial score (nSPS) is 12.0. The second-order valence-electron chi connectivity index (χ2n) is 6.90. The van der Waals surface area contributed by atoms with Crippen molar-refractivity contribution in [2.45, 2.75) is 13.0 Å². The quantitative estimate of drug-likeness (QED) is 0.484. The first-order valence-corrected chi connectivity index (χ1v) is 12.3. The Bertz CT molecular complexity index is 1230. The van der Waals surface area contributed by atoms with Gasteiger partial charge < -0.3 is 14.2 Å². The molecule has 0 spiro atoms. The van der Waals surface area contributed by atoms with E-state index in [4.69, 9.17) is 14.2 Å². The van der Waals surface area contributed by atoms with Crippen molar-refractivity contribution in [3.8, 4) is 27.8 Å². The second-order valence-corrected chi connectivity index (χ2v) is 9.74. The summed E-state index contributed by atoms with van der Waals surface area (Å²) in [6.45, 7) is 1.48. The zero-order valence-electron chi connectivity index (χ0n) is 18.7. The molecule has 0 fully saturated rings. The Morgan fingerprint density at radius 1 is 1.00 bits per heavy atom. The Kier molecular flexibility index (Phi) is 7.39. The topological polar surface area (TPSA) is 120 Å². The van der Waals surface area contributed by atoms with Crippen LogP contribution in [0.25, 0.3) is 10.6 Å². The number of hydrogen-bond acceptors (Lipinski definition) is 9. The van der Waals surface area contributed by atoms with E-state index in [1.165, 1.54) is 38.5 Å². The summed E-state index contributed by atoms with van der Waals surface area (Å²) in [5.74, 6) is 0.922. The minimum absolute atomic E-state index is 0.249. The average molecular weight is 493 g/mol. The molecule has 1 atom stereocenters. The Labute approximate surface area is 196 Å². The van der Waals surface area contributed by atoms with Gasteiger partial charge >= 0.3 is 0 Å². The van der Waals surface area contributed by atoms with Gasteiger partial charge in [-0.2, -0.15) is 0 Å². The second kappa shape index (κ2) is 10.0. The molecular formula is C21H24N4O6S2. The summed E-state index contributed by atoms with van der Waals surface area (Å²) in [6, 6.07) is 10.8. The maximum atomic E-state index is 12.9. The van der Waals surface area contributed by atoms with Gasteiger partial charge in [0.1, 0.15) is 16.8 Å². The summed E-state index contributed by atoms with van der Waals surface area (Å²) >= 11 is 1.17. The van der Waals surface area contributed by atoms with Crippen molar-refractivity contribution in [2.75, 3.05) is 37.2 Å². The smallest absolute Gasteiger partial charge is 0.249 e. The van der Waals surface area contributed by atoms with Crippen LogP contribution in [0.1, 0.15) is 6.92 Å². The summed E-state index contributed by atoms with van der Waals surface area (Å²) in [5.41, 5.74) is 1.07. The van der Waals surface area contributed by atoms with Crippen LogP contribution in [-0.4, -0.2) is 58.1 Å². The van der Waals surface area contributed by atoms with Gasteiger partial charge in [0, 0.05) is 11.6 Å². The van der Waals surface area contributed by atoms with E-state index in [0.29, 0.717) is 22.3 Å². The molecule has 0 aliphatic rings. The lowest BCUT2D eigenvalue weighted by Gasteiger charge is -2.28. The standard InChI is InChI=1S/C21H24N4O6S2/c1-13(25(33(5,27)28)15-8-11-17(30-3)18(12-15)31-4)19(26)22-21-24-23-20(32-21)14-6-9-16(29-2)10-7-14/h6-13H,1-5H3,(H,22,24,26). The third-order valence-electron chi connectivity index (χ3n) is 4.70. The molecule has 0 saturated carbocycles.